The Labute approximate surface area is 149 Å². The molecule has 3 nitrogen and oxygen atoms in total. The smallest absolute Gasteiger partial charge is 0.284 e. The van der Waals surface area contributed by atoms with Crippen molar-refractivity contribution in [3.63, 3.8) is 0 Å². The van der Waals surface area contributed by atoms with Crippen LogP contribution in [-0.4, -0.2) is 25.4 Å². The molecule has 0 spiro atoms. The number of nitrogens with zero attached hydrogens (tertiary/aromatic N) is 1. The van der Waals surface area contributed by atoms with E-state index in [0.717, 1.165) is 37.5 Å². The quantitative estimate of drug-likeness (QED) is 0.741. The lowest BCUT2D eigenvalue weighted by atomic mass is 10.1. The average molecular weight is 370 g/mol. The van der Waals surface area contributed by atoms with Crippen molar-refractivity contribution in [1.29, 1.82) is 0 Å². The van der Waals surface area contributed by atoms with Gasteiger partial charge in [0.1, 0.15) is 17.3 Å². The molecule has 3 rings (SSSR count). The van der Waals surface area contributed by atoms with Gasteiger partial charge in [0.25, 0.3) is 5.76 Å². The summed E-state index contributed by atoms with van der Waals surface area (Å²) in [6.07, 6.45) is 1.08. The maximum absolute atomic E-state index is 13.0. The van der Waals surface area contributed by atoms with Gasteiger partial charge in [-0.1, -0.05) is 11.8 Å². The summed E-state index contributed by atoms with van der Waals surface area (Å²) < 4.78 is 42.9. The van der Waals surface area contributed by atoms with Crippen molar-refractivity contribution in [2.75, 3.05) is 24.5 Å². The van der Waals surface area contributed by atoms with E-state index in [9.17, 15) is 13.2 Å². The Bertz CT molecular complexity index is 663. The molecule has 0 bridgehead atoms. The fourth-order valence-electron chi connectivity index (χ4n) is 3.03. The molecule has 1 N–H and O–H groups in total. The SMILES string of the molecule is Fc1ccc(N2CCC(CNCc3ccc(CSC(F)F)o3)C2)cc1. The minimum absolute atomic E-state index is 0.187. The maximum atomic E-state index is 13.0. The van der Waals surface area contributed by atoms with Crippen LogP contribution in [-0.2, 0) is 12.3 Å². The van der Waals surface area contributed by atoms with Crippen molar-refractivity contribution in [3.8, 4) is 0 Å². The lowest BCUT2D eigenvalue weighted by Gasteiger charge is -2.18. The van der Waals surface area contributed by atoms with Gasteiger partial charge in [-0.25, -0.2) is 4.39 Å². The van der Waals surface area contributed by atoms with Gasteiger partial charge < -0.3 is 14.6 Å². The van der Waals surface area contributed by atoms with Crippen molar-refractivity contribution >= 4 is 17.4 Å². The first-order valence-electron chi connectivity index (χ1n) is 8.29. The second-order valence-corrected chi connectivity index (χ2v) is 7.13. The zero-order valence-electron chi connectivity index (χ0n) is 13.8. The van der Waals surface area contributed by atoms with E-state index in [1.165, 1.54) is 12.1 Å². The lowest BCUT2D eigenvalue weighted by molar-refractivity contribution is 0.251. The van der Waals surface area contributed by atoms with Crippen molar-refractivity contribution in [1.82, 2.24) is 5.32 Å². The predicted molar refractivity (Wildman–Crippen MR) is 94.4 cm³/mol. The molecule has 1 aromatic carbocycles. The molecule has 1 fully saturated rings. The van der Waals surface area contributed by atoms with E-state index < -0.39 is 5.76 Å². The lowest BCUT2D eigenvalue weighted by Crippen LogP contribution is -2.26. The van der Waals surface area contributed by atoms with Gasteiger partial charge in [-0.3, -0.25) is 0 Å². The van der Waals surface area contributed by atoms with Crippen molar-refractivity contribution in [3.05, 3.63) is 53.7 Å². The Kier molecular flexibility index (Phi) is 6.31. The summed E-state index contributed by atoms with van der Waals surface area (Å²) in [6, 6.07) is 10.2. The zero-order valence-corrected chi connectivity index (χ0v) is 14.6. The van der Waals surface area contributed by atoms with Gasteiger partial charge in [0, 0.05) is 25.3 Å². The summed E-state index contributed by atoms with van der Waals surface area (Å²) in [7, 11) is 0. The highest BCUT2D eigenvalue weighted by Crippen LogP contribution is 2.24. The van der Waals surface area contributed by atoms with Crippen LogP contribution in [0.2, 0.25) is 0 Å². The molecular formula is C18H21F3N2OS. The molecule has 7 heteroatoms. The van der Waals surface area contributed by atoms with Gasteiger partial charge in [-0.05, 0) is 48.7 Å². The van der Waals surface area contributed by atoms with Crippen LogP contribution >= 0.6 is 11.8 Å². The number of thioether (sulfide) groups is 1. The molecule has 0 radical (unpaired) electrons. The third kappa shape index (κ3) is 5.44. The van der Waals surface area contributed by atoms with Crippen LogP contribution < -0.4 is 10.2 Å². The third-order valence-electron chi connectivity index (χ3n) is 4.28. The molecule has 1 aromatic heterocycles. The van der Waals surface area contributed by atoms with E-state index in [-0.39, 0.29) is 11.6 Å². The van der Waals surface area contributed by atoms with E-state index in [1.54, 1.807) is 6.07 Å². The van der Waals surface area contributed by atoms with Crippen LogP contribution in [0, 0.1) is 11.7 Å². The van der Waals surface area contributed by atoms with Crippen LogP contribution in [0.3, 0.4) is 0 Å². The molecule has 2 heterocycles. The average Bonchev–Trinajstić information content (AvgIpc) is 3.23. The first-order valence-corrected chi connectivity index (χ1v) is 9.33. The standard InChI is InChI=1S/C18H21F3N2OS/c19-14-1-3-15(4-2-14)23-8-7-13(11-23)9-22-10-16-5-6-17(24-16)12-25-18(20)21/h1-6,13,18,22H,7-12H2. The number of anilines is 1. The number of alkyl halides is 2. The van der Waals surface area contributed by atoms with Gasteiger partial charge in [0.2, 0.25) is 0 Å². The molecule has 136 valence electrons. The normalized spacial score (nSPS) is 17.6. The number of hydrogen-bond donors (Lipinski definition) is 1. The molecule has 1 saturated heterocycles. The fourth-order valence-corrected chi connectivity index (χ4v) is 3.47. The highest BCUT2D eigenvalue weighted by molar-refractivity contribution is 7.98. The van der Waals surface area contributed by atoms with Crippen LogP contribution in [0.5, 0.6) is 0 Å². The molecule has 2 aromatic rings. The van der Waals surface area contributed by atoms with E-state index in [4.69, 9.17) is 4.42 Å². The number of nitrogens with one attached hydrogen (secondary N) is 1. The molecular weight excluding hydrogens is 349 g/mol. The fraction of sp³-hybridized carbons (Fsp3) is 0.444. The van der Waals surface area contributed by atoms with Crippen LogP contribution in [0.1, 0.15) is 17.9 Å². The summed E-state index contributed by atoms with van der Waals surface area (Å²) in [6.45, 7) is 3.35. The predicted octanol–water partition coefficient (Wildman–Crippen LogP) is 4.49. The minimum atomic E-state index is -2.38. The van der Waals surface area contributed by atoms with E-state index in [0.29, 0.717) is 30.0 Å². The molecule has 0 saturated carbocycles. The summed E-state index contributed by atoms with van der Waals surface area (Å²) in [5.74, 6) is -0.547. The summed E-state index contributed by atoms with van der Waals surface area (Å²) in [5.41, 5.74) is 1.05. The first kappa shape index (κ1) is 18.2. The zero-order chi connectivity index (χ0) is 17.6. The summed E-state index contributed by atoms with van der Waals surface area (Å²) in [4.78, 5) is 2.26. The van der Waals surface area contributed by atoms with Gasteiger partial charge >= 0.3 is 0 Å². The largest absolute Gasteiger partial charge is 0.464 e. The molecule has 1 unspecified atom stereocenters. The monoisotopic (exact) mass is 370 g/mol. The second kappa shape index (κ2) is 8.67. The molecule has 0 aliphatic carbocycles. The van der Waals surface area contributed by atoms with Gasteiger partial charge in [0.15, 0.2) is 0 Å². The summed E-state index contributed by atoms with van der Waals surface area (Å²) in [5, 5.41) is 3.37. The molecule has 1 aliphatic rings. The Morgan fingerprint density at radius 3 is 2.68 bits per heavy atom. The Balaban J connectivity index is 1.39. The summed E-state index contributed by atoms with van der Waals surface area (Å²) >= 11 is 0.564. The van der Waals surface area contributed by atoms with Crippen molar-refractivity contribution in [2.45, 2.75) is 24.5 Å². The minimum Gasteiger partial charge on any atom is -0.464 e. The molecule has 1 aliphatic heterocycles. The Morgan fingerprint density at radius 1 is 1.16 bits per heavy atom. The maximum Gasteiger partial charge on any atom is 0.284 e. The van der Waals surface area contributed by atoms with E-state index in [1.807, 2.05) is 18.2 Å². The molecule has 1 atom stereocenters. The Hall–Kier alpha value is -1.60. The van der Waals surface area contributed by atoms with Crippen LogP contribution in [0.15, 0.2) is 40.8 Å². The van der Waals surface area contributed by atoms with E-state index in [2.05, 4.69) is 10.2 Å². The second-order valence-electron chi connectivity index (χ2n) is 6.15. The van der Waals surface area contributed by atoms with Crippen molar-refractivity contribution < 1.29 is 17.6 Å². The molecule has 0 amide bonds. The molecule has 25 heavy (non-hydrogen) atoms. The highest BCUT2D eigenvalue weighted by atomic mass is 32.2. The Morgan fingerprint density at radius 2 is 1.92 bits per heavy atom. The van der Waals surface area contributed by atoms with Crippen LogP contribution in [0.25, 0.3) is 0 Å². The number of benzene rings is 1. The number of rotatable bonds is 8. The highest BCUT2D eigenvalue weighted by Gasteiger charge is 2.22. The van der Waals surface area contributed by atoms with Gasteiger partial charge in [-0.2, -0.15) is 8.78 Å². The topological polar surface area (TPSA) is 28.4 Å². The third-order valence-corrected chi connectivity index (χ3v) is 4.98. The van der Waals surface area contributed by atoms with Gasteiger partial charge in [0.05, 0.1) is 12.3 Å². The number of furan rings is 1. The van der Waals surface area contributed by atoms with Crippen LogP contribution in [0.4, 0.5) is 18.9 Å². The first-order chi connectivity index (χ1) is 12.1. The van der Waals surface area contributed by atoms with Crippen molar-refractivity contribution in [2.24, 2.45) is 5.92 Å². The number of halogens is 3. The number of hydrogen-bond acceptors (Lipinski definition) is 4. The van der Waals surface area contributed by atoms with Gasteiger partial charge in [-0.15, -0.1) is 0 Å². The van der Waals surface area contributed by atoms with E-state index >= 15 is 0 Å².